The van der Waals surface area contributed by atoms with Gasteiger partial charge in [0.25, 0.3) is 0 Å². The molecule has 0 unspecified atom stereocenters. The molecule has 3 rings (SSSR count). The summed E-state index contributed by atoms with van der Waals surface area (Å²) in [5.41, 5.74) is 3.49. The van der Waals surface area contributed by atoms with E-state index >= 15 is 0 Å². The van der Waals surface area contributed by atoms with Crippen molar-refractivity contribution in [3.8, 4) is 0 Å². The van der Waals surface area contributed by atoms with Gasteiger partial charge in [0.1, 0.15) is 10.1 Å². The Kier molecular flexibility index (Phi) is 14.4. The van der Waals surface area contributed by atoms with Crippen LogP contribution in [0.1, 0.15) is 102 Å². The first-order valence-corrected chi connectivity index (χ1v) is 17.3. The van der Waals surface area contributed by atoms with E-state index in [2.05, 4.69) is 61.2 Å². The SMILES string of the molecule is CCCCCCCCN(CCCCCCCC)c1ccc2cc(/C=C/c3cc[n+](CCS(=O)(=O)[O-])cc3)ccc2c1. The minimum Gasteiger partial charge on any atom is -0.748 e. The van der Waals surface area contributed by atoms with Gasteiger partial charge in [-0.15, -0.1) is 0 Å². The van der Waals surface area contributed by atoms with Gasteiger partial charge in [-0.2, -0.15) is 0 Å². The van der Waals surface area contributed by atoms with Crippen molar-refractivity contribution in [3.05, 3.63) is 72.1 Å². The number of anilines is 1. The molecule has 0 bridgehead atoms. The number of pyridine rings is 1. The molecule has 0 radical (unpaired) electrons. The van der Waals surface area contributed by atoms with Gasteiger partial charge in [0.15, 0.2) is 18.9 Å². The summed E-state index contributed by atoms with van der Waals surface area (Å²) in [4.78, 5) is 2.61. The first-order chi connectivity index (χ1) is 19.9. The van der Waals surface area contributed by atoms with Gasteiger partial charge in [-0.3, -0.25) is 0 Å². The van der Waals surface area contributed by atoms with Gasteiger partial charge in [-0.1, -0.05) is 108 Å². The van der Waals surface area contributed by atoms with Crippen molar-refractivity contribution >= 4 is 38.7 Å². The summed E-state index contributed by atoms with van der Waals surface area (Å²) in [6.45, 7) is 6.99. The highest BCUT2D eigenvalue weighted by Gasteiger charge is 2.08. The third-order valence-electron chi connectivity index (χ3n) is 7.76. The maximum Gasteiger partial charge on any atom is 0.169 e. The highest BCUT2D eigenvalue weighted by Crippen LogP contribution is 2.25. The normalized spacial score (nSPS) is 12.0. The lowest BCUT2D eigenvalue weighted by Crippen LogP contribution is -2.36. The van der Waals surface area contributed by atoms with Gasteiger partial charge in [-0.25, -0.2) is 13.0 Å². The predicted octanol–water partition coefficient (Wildman–Crippen LogP) is 8.37. The van der Waals surface area contributed by atoms with E-state index in [-0.39, 0.29) is 6.54 Å². The van der Waals surface area contributed by atoms with E-state index in [0.717, 1.165) is 24.2 Å². The molecule has 3 aromatic rings. The smallest absolute Gasteiger partial charge is 0.169 e. The molecule has 0 N–H and O–H groups in total. The monoisotopic (exact) mass is 578 g/mol. The van der Waals surface area contributed by atoms with Crippen LogP contribution in [0.4, 0.5) is 5.69 Å². The van der Waals surface area contributed by atoms with E-state index in [9.17, 15) is 13.0 Å². The van der Waals surface area contributed by atoms with E-state index in [1.165, 1.54) is 93.5 Å². The summed E-state index contributed by atoms with van der Waals surface area (Å²) in [7, 11) is -4.21. The number of nitrogens with zero attached hydrogens (tertiary/aromatic N) is 2. The van der Waals surface area contributed by atoms with Crippen molar-refractivity contribution in [2.24, 2.45) is 0 Å². The summed E-state index contributed by atoms with van der Waals surface area (Å²) in [6, 6.07) is 17.4. The number of benzene rings is 2. The highest BCUT2D eigenvalue weighted by molar-refractivity contribution is 7.85. The topological polar surface area (TPSA) is 64.3 Å². The maximum atomic E-state index is 10.9. The molecule has 0 saturated heterocycles. The van der Waals surface area contributed by atoms with Crippen LogP contribution < -0.4 is 9.47 Å². The summed E-state index contributed by atoms with van der Waals surface area (Å²) in [5.74, 6) is -0.401. The zero-order chi connectivity index (χ0) is 29.3. The van der Waals surface area contributed by atoms with Crippen LogP contribution in [0.15, 0.2) is 60.9 Å². The van der Waals surface area contributed by atoms with Crippen LogP contribution in [0.2, 0.25) is 0 Å². The molecule has 6 heteroatoms. The van der Waals surface area contributed by atoms with Gasteiger partial charge < -0.3 is 9.45 Å². The Hall–Kier alpha value is -2.70. The Morgan fingerprint density at radius 3 is 1.83 bits per heavy atom. The fourth-order valence-electron chi connectivity index (χ4n) is 5.23. The first-order valence-electron chi connectivity index (χ1n) is 15.8. The molecule has 0 aliphatic carbocycles. The summed E-state index contributed by atoms with van der Waals surface area (Å²) < 4.78 is 34.3. The summed E-state index contributed by atoms with van der Waals surface area (Å²) in [5, 5.41) is 2.50. The van der Waals surface area contributed by atoms with Gasteiger partial charge in [0.05, 0.1) is 5.75 Å². The molecule has 0 amide bonds. The second-order valence-corrected chi connectivity index (χ2v) is 12.8. The fourth-order valence-corrected chi connectivity index (χ4v) is 5.66. The van der Waals surface area contributed by atoms with Crippen LogP contribution in [-0.4, -0.2) is 31.8 Å². The zero-order valence-electron chi connectivity index (χ0n) is 25.3. The Morgan fingerprint density at radius 1 is 0.683 bits per heavy atom. The largest absolute Gasteiger partial charge is 0.748 e. The van der Waals surface area contributed by atoms with Crippen molar-refractivity contribution in [2.45, 2.75) is 97.4 Å². The van der Waals surface area contributed by atoms with E-state index in [1.807, 2.05) is 18.2 Å². The lowest BCUT2D eigenvalue weighted by Gasteiger charge is -2.25. The van der Waals surface area contributed by atoms with E-state index in [4.69, 9.17) is 0 Å². The number of hydrogen-bond donors (Lipinski definition) is 0. The number of aromatic nitrogens is 1. The summed E-state index contributed by atoms with van der Waals surface area (Å²) in [6.07, 6.45) is 23.6. The molecular weight excluding hydrogens is 528 g/mol. The van der Waals surface area contributed by atoms with Crippen LogP contribution >= 0.6 is 0 Å². The Bertz CT molecular complexity index is 1290. The molecule has 1 heterocycles. The summed E-state index contributed by atoms with van der Waals surface area (Å²) >= 11 is 0. The van der Waals surface area contributed by atoms with Gasteiger partial charge in [0.2, 0.25) is 0 Å². The Labute approximate surface area is 249 Å². The van der Waals surface area contributed by atoms with Gasteiger partial charge in [-0.05, 0) is 52.9 Å². The zero-order valence-corrected chi connectivity index (χ0v) is 26.1. The van der Waals surface area contributed by atoms with Gasteiger partial charge in [0, 0.05) is 30.9 Å². The lowest BCUT2D eigenvalue weighted by atomic mass is 10.0. The lowest BCUT2D eigenvalue weighted by molar-refractivity contribution is -0.692. The molecule has 0 spiro atoms. The molecule has 224 valence electrons. The number of unbranched alkanes of at least 4 members (excludes halogenated alkanes) is 10. The number of fused-ring (bicyclic) bond motifs is 1. The Morgan fingerprint density at radius 2 is 1.22 bits per heavy atom. The third-order valence-corrected chi connectivity index (χ3v) is 8.44. The quantitative estimate of drug-likeness (QED) is 0.0767. The van der Waals surface area contributed by atoms with Crippen LogP contribution in [0, 0.1) is 0 Å². The van der Waals surface area contributed by atoms with Gasteiger partial charge >= 0.3 is 0 Å². The third kappa shape index (κ3) is 12.8. The van der Waals surface area contributed by atoms with Crippen molar-refractivity contribution in [3.63, 3.8) is 0 Å². The van der Waals surface area contributed by atoms with E-state index in [0.29, 0.717) is 0 Å². The van der Waals surface area contributed by atoms with Crippen molar-refractivity contribution in [1.29, 1.82) is 0 Å². The predicted molar refractivity (Wildman–Crippen MR) is 173 cm³/mol. The van der Waals surface area contributed by atoms with E-state index < -0.39 is 15.9 Å². The minimum absolute atomic E-state index is 0.165. The van der Waals surface area contributed by atoms with Crippen molar-refractivity contribution < 1.29 is 17.5 Å². The molecule has 0 saturated carbocycles. The Balaban J connectivity index is 1.62. The van der Waals surface area contributed by atoms with Crippen LogP contribution in [0.25, 0.3) is 22.9 Å². The maximum absolute atomic E-state index is 10.9. The molecular formula is C35H50N2O3S. The molecule has 0 atom stereocenters. The van der Waals surface area contributed by atoms with Crippen molar-refractivity contribution in [2.75, 3.05) is 23.7 Å². The molecule has 0 aliphatic heterocycles. The molecule has 41 heavy (non-hydrogen) atoms. The minimum atomic E-state index is -4.21. The molecule has 5 nitrogen and oxygen atoms in total. The van der Waals surface area contributed by atoms with Crippen LogP contribution in [0.5, 0.6) is 0 Å². The average molecular weight is 579 g/mol. The number of hydrogen-bond acceptors (Lipinski definition) is 4. The molecule has 0 aliphatic rings. The molecule has 2 aromatic carbocycles. The highest BCUT2D eigenvalue weighted by atomic mass is 32.2. The van der Waals surface area contributed by atoms with Crippen LogP contribution in [0.3, 0.4) is 0 Å². The van der Waals surface area contributed by atoms with Crippen LogP contribution in [-0.2, 0) is 16.7 Å². The standard InChI is InChI=1S/C35H50N2O3S/c1-3-5-7-9-11-13-23-37(24-14-12-10-8-6-4-2)35-20-19-33-29-32(17-18-34(33)30-35)16-15-31-21-25-36(26-22-31)27-28-41(38,39)40/h15-22,25-26,29-30H,3-14,23-24,27-28H2,1-2H3. The first kappa shape index (κ1) is 32.8. The second-order valence-electron chi connectivity index (χ2n) is 11.3. The fraction of sp³-hybridized carbons (Fsp3) is 0.514. The second kappa shape index (κ2) is 18.0. The average Bonchev–Trinajstić information content (AvgIpc) is 2.97. The van der Waals surface area contributed by atoms with Crippen molar-refractivity contribution in [1.82, 2.24) is 0 Å². The number of aryl methyl sites for hydroxylation is 1. The molecule has 0 fully saturated rings. The van der Waals surface area contributed by atoms with E-state index in [1.54, 1.807) is 17.0 Å². The number of rotatable bonds is 20. The molecule has 1 aromatic heterocycles.